The van der Waals surface area contributed by atoms with Gasteiger partial charge in [-0.05, 0) is 43.8 Å². The molecule has 2 rings (SSSR count). The van der Waals surface area contributed by atoms with Crippen LogP contribution in [-0.4, -0.2) is 48.8 Å². The Bertz CT molecular complexity index is 815. The van der Waals surface area contributed by atoms with Crippen LogP contribution in [0.4, 0.5) is 5.69 Å². The second kappa shape index (κ2) is 12.5. The summed E-state index contributed by atoms with van der Waals surface area (Å²) in [6.07, 6.45) is 1.07. The van der Waals surface area contributed by atoms with E-state index in [0.29, 0.717) is 42.8 Å². The van der Waals surface area contributed by atoms with Crippen molar-refractivity contribution < 1.29 is 19.1 Å². The van der Waals surface area contributed by atoms with E-state index in [4.69, 9.17) is 4.74 Å². The molecule has 30 heavy (non-hydrogen) atoms. The van der Waals surface area contributed by atoms with Gasteiger partial charge >= 0.3 is 5.97 Å². The third-order valence-electron chi connectivity index (χ3n) is 4.84. The number of esters is 1. The molecule has 0 atom stereocenters. The van der Waals surface area contributed by atoms with E-state index in [2.05, 4.69) is 24.1 Å². The number of amides is 1. The van der Waals surface area contributed by atoms with Crippen LogP contribution in [0, 0.1) is 0 Å². The van der Waals surface area contributed by atoms with Gasteiger partial charge in [0.15, 0.2) is 5.78 Å². The number of nitrogens with zero attached hydrogens (tertiary/aromatic N) is 1. The Morgan fingerprint density at radius 2 is 1.53 bits per heavy atom. The number of carbonyl (C=O) groups excluding carboxylic acids is 3. The van der Waals surface area contributed by atoms with Gasteiger partial charge in [-0.3, -0.25) is 9.59 Å². The van der Waals surface area contributed by atoms with Gasteiger partial charge in [0.1, 0.15) is 6.61 Å². The molecule has 2 aromatic carbocycles. The zero-order chi connectivity index (χ0) is 21.8. The number of ketones is 1. The van der Waals surface area contributed by atoms with Gasteiger partial charge < -0.3 is 15.0 Å². The molecule has 0 aliphatic heterocycles. The fourth-order valence-corrected chi connectivity index (χ4v) is 2.98. The van der Waals surface area contributed by atoms with Crippen LogP contribution in [0.15, 0.2) is 54.6 Å². The molecule has 1 amide bonds. The number of Topliss-reactive ketones (excluding diaryl/α,β-unsaturated/α-hetero) is 1. The normalized spacial score (nSPS) is 10.6. The van der Waals surface area contributed by atoms with Crippen LogP contribution in [-0.2, 0) is 9.53 Å². The standard InChI is InChI=1S/C24H30N2O4/c1-3-26(4-2)17-18-30-24(29)20-13-15-21(16-14-20)25-23(28)12-8-11-22(27)19-9-6-5-7-10-19/h5-7,9-10,13-16H,3-4,8,11-12,17-18H2,1-2H3,(H,25,28). The van der Waals surface area contributed by atoms with E-state index in [0.717, 1.165) is 13.1 Å². The summed E-state index contributed by atoms with van der Waals surface area (Å²) in [6.45, 7) is 7.03. The Balaban J connectivity index is 1.72. The molecular formula is C24H30N2O4. The van der Waals surface area contributed by atoms with Gasteiger partial charge in [0.05, 0.1) is 5.56 Å². The monoisotopic (exact) mass is 410 g/mol. The smallest absolute Gasteiger partial charge is 0.338 e. The van der Waals surface area contributed by atoms with Crippen molar-refractivity contribution in [1.29, 1.82) is 0 Å². The van der Waals surface area contributed by atoms with E-state index in [1.165, 1.54) is 0 Å². The Labute approximate surface area is 178 Å². The van der Waals surface area contributed by atoms with Gasteiger partial charge in [0, 0.05) is 30.6 Å². The van der Waals surface area contributed by atoms with Gasteiger partial charge in [-0.2, -0.15) is 0 Å². The third kappa shape index (κ3) is 7.79. The summed E-state index contributed by atoms with van der Waals surface area (Å²) >= 11 is 0. The fraction of sp³-hybridized carbons (Fsp3) is 0.375. The topological polar surface area (TPSA) is 75.7 Å². The number of anilines is 1. The van der Waals surface area contributed by atoms with Crippen LogP contribution in [0.2, 0.25) is 0 Å². The first kappa shape index (κ1) is 23.3. The number of ether oxygens (including phenoxy) is 1. The second-order valence-corrected chi connectivity index (χ2v) is 6.93. The van der Waals surface area contributed by atoms with Crippen molar-refractivity contribution in [3.63, 3.8) is 0 Å². The van der Waals surface area contributed by atoms with E-state index in [9.17, 15) is 14.4 Å². The van der Waals surface area contributed by atoms with Crippen molar-refractivity contribution in [2.24, 2.45) is 0 Å². The van der Waals surface area contributed by atoms with Gasteiger partial charge in [-0.25, -0.2) is 4.79 Å². The minimum Gasteiger partial charge on any atom is -0.461 e. The number of carbonyl (C=O) groups is 3. The lowest BCUT2D eigenvalue weighted by atomic mass is 10.1. The molecule has 6 heteroatoms. The zero-order valence-corrected chi connectivity index (χ0v) is 17.7. The molecule has 1 N–H and O–H groups in total. The number of rotatable bonds is 12. The predicted octanol–water partition coefficient (Wildman–Crippen LogP) is 4.18. The number of benzene rings is 2. The summed E-state index contributed by atoms with van der Waals surface area (Å²) in [6, 6.07) is 15.7. The Hall–Kier alpha value is -2.99. The Morgan fingerprint density at radius 3 is 2.17 bits per heavy atom. The molecule has 0 aliphatic carbocycles. The van der Waals surface area contributed by atoms with Crippen LogP contribution in [0.5, 0.6) is 0 Å². The molecule has 0 saturated heterocycles. The summed E-state index contributed by atoms with van der Waals surface area (Å²) in [5.74, 6) is -0.503. The summed E-state index contributed by atoms with van der Waals surface area (Å²) in [7, 11) is 0. The van der Waals surface area contributed by atoms with Gasteiger partial charge in [-0.15, -0.1) is 0 Å². The highest BCUT2D eigenvalue weighted by atomic mass is 16.5. The van der Waals surface area contributed by atoms with Crippen LogP contribution in [0.3, 0.4) is 0 Å². The van der Waals surface area contributed by atoms with Crippen LogP contribution < -0.4 is 5.32 Å². The first-order chi connectivity index (χ1) is 14.5. The SMILES string of the molecule is CCN(CC)CCOC(=O)c1ccc(NC(=O)CCCC(=O)c2ccccc2)cc1. The van der Waals surface area contributed by atoms with Crippen LogP contribution in [0.1, 0.15) is 53.8 Å². The van der Waals surface area contributed by atoms with E-state index in [1.807, 2.05) is 18.2 Å². The van der Waals surface area contributed by atoms with Crippen LogP contribution in [0.25, 0.3) is 0 Å². The first-order valence-electron chi connectivity index (χ1n) is 10.4. The molecule has 6 nitrogen and oxygen atoms in total. The molecule has 0 bridgehead atoms. The summed E-state index contributed by atoms with van der Waals surface area (Å²) < 4.78 is 5.30. The van der Waals surface area contributed by atoms with Crippen molar-refractivity contribution in [3.8, 4) is 0 Å². The maximum absolute atomic E-state index is 12.1. The highest BCUT2D eigenvalue weighted by Gasteiger charge is 2.10. The maximum atomic E-state index is 12.1. The number of likely N-dealkylation sites (N-methyl/N-ethyl adjacent to an activating group) is 1. The largest absolute Gasteiger partial charge is 0.461 e. The maximum Gasteiger partial charge on any atom is 0.338 e. The average Bonchev–Trinajstić information content (AvgIpc) is 2.77. The lowest BCUT2D eigenvalue weighted by Gasteiger charge is -2.17. The summed E-state index contributed by atoms with van der Waals surface area (Å²) in [5, 5.41) is 2.79. The Morgan fingerprint density at radius 1 is 0.867 bits per heavy atom. The summed E-state index contributed by atoms with van der Waals surface area (Å²) in [5.41, 5.74) is 1.72. The average molecular weight is 411 g/mol. The molecule has 2 aromatic rings. The van der Waals surface area contributed by atoms with Gasteiger partial charge in [0.25, 0.3) is 0 Å². The van der Waals surface area contributed by atoms with Crippen molar-refractivity contribution >= 4 is 23.3 Å². The molecule has 0 spiro atoms. The van der Waals surface area contributed by atoms with Gasteiger partial charge in [0.2, 0.25) is 5.91 Å². The van der Waals surface area contributed by atoms with E-state index in [1.54, 1.807) is 36.4 Å². The minimum absolute atomic E-state index is 0.0345. The molecule has 0 saturated carbocycles. The number of hydrogen-bond donors (Lipinski definition) is 1. The molecule has 0 aliphatic rings. The van der Waals surface area contributed by atoms with E-state index >= 15 is 0 Å². The van der Waals surface area contributed by atoms with E-state index < -0.39 is 0 Å². The van der Waals surface area contributed by atoms with Crippen molar-refractivity contribution in [2.75, 3.05) is 31.6 Å². The van der Waals surface area contributed by atoms with E-state index in [-0.39, 0.29) is 24.1 Å². The zero-order valence-electron chi connectivity index (χ0n) is 17.7. The second-order valence-electron chi connectivity index (χ2n) is 6.93. The molecular weight excluding hydrogens is 380 g/mol. The fourth-order valence-electron chi connectivity index (χ4n) is 2.98. The minimum atomic E-state index is -0.376. The van der Waals surface area contributed by atoms with Crippen molar-refractivity contribution in [1.82, 2.24) is 4.90 Å². The molecule has 160 valence electrons. The molecule has 0 heterocycles. The Kier molecular flexibility index (Phi) is 9.74. The third-order valence-corrected chi connectivity index (χ3v) is 4.84. The number of hydrogen-bond acceptors (Lipinski definition) is 5. The first-order valence-corrected chi connectivity index (χ1v) is 10.4. The van der Waals surface area contributed by atoms with Crippen molar-refractivity contribution in [3.05, 3.63) is 65.7 Å². The molecule has 0 fully saturated rings. The van der Waals surface area contributed by atoms with Gasteiger partial charge in [-0.1, -0.05) is 44.2 Å². The molecule has 0 radical (unpaired) electrons. The summed E-state index contributed by atoms with van der Waals surface area (Å²) in [4.78, 5) is 38.4. The van der Waals surface area contributed by atoms with Crippen LogP contribution >= 0.6 is 0 Å². The number of nitrogens with one attached hydrogen (secondary N) is 1. The quantitative estimate of drug-likeness (QED) is 0.420. The van der Waals surface area contributed by atoms with Crippen molar-refractivity contribution in [2.45, 2.75) is 33.1 Å². The highest BCUT2D eigenvalue weighted by Crippen LogP contribution is 2.12. The molecule has 0 unspecified atom stereocenters. The predicted molar refractivity (Wildman–Crippen MR) is 118 cm³/mol. The highest BCUT2D eigenvalue weighted by molar-refractivity contribution is 5.97. The lowest BCUT2D eigenvalue weighted by molar-refractivity contribution is -0.116. The lowest BCUT2D eigenvalue weighted by Crippen LogP contribution is -2.27. The molecule has 0 aromatic heterocycles.